The van der Waals surface area contributed by atoms with Gasteiger partial charge in [-0.1, -0.05) is 37.1 Å². The molecule has 1 N–H and O–H groups in total. The smallest absolute Gasteiger partial charge is 0.331 e. The van der Waals surface area contributed by atoms with Crippen LogP contribution in [0, 0.1) is 0 Å². The van der Waals surface area contributed by atoms with E-state index in [1.807, 2.05) is 30.3 Å². The predicted molar refractivity (Wildman–Crippen MR) is 134 cm³/mol. The van der Waals surface area contributed by atoms with Crippen molar-refractivity contribution in [2.75, 3.05) is 25.0 Å². The number of nitrogens with zero attached hydrogens (tertiary/aromatic N) is 2. The molecule has 0 aliphatic carbocycles. The molecular weight excluding hydrogens is 466 g/mol. The van der Waals surface area contributed by atoms with Crippen LogP contribution in [0.5, 0.6) is 0 Å². The van der Waals surface area contributed by atoms with Crippen molar-refractivity contribution in [3.8, 4) is 0 Å². The lowest BCUT2D eigenvalue weighted by Crippen LogP contribution is -2.31. The van der Waals surface area contributed by atoms with Crippen molar-refractivity contribution < 1.29 is 22.7 Å². The fourth-order valence-electron chi connectivity index (χ4n) is 3.94. The highest BCUT2D eigenvalue weighted by Gasteiger charge is 2.25. The standard InChI is InChI=1S/C26H27N3O5S/c30-24(19-34-25(31)15-10-21-8-5-7-20-9-6-16-27-26(20)21)28-22-11-13-23(14-12-22)35(32,33)29-17-3-1-2-4-18-29/h5-16H,1-4,17-19H2,(H,28,30)/b15-10+. The molecular formula is C26H27N3O5S. The van der Waals surface area contributed by atoms with E-state index in [1.165, 1.54) is 34.6 Å². The first-order chi connectivity index (χ1) is 16.9. The zero-order valence-electron chi connectivity index (χ0n) is 19.2. The van der Waals surface area contributed by atoms with E-state index in [1.54, 1.807) is 12.3 Å². The molecule has 1 saturated heterocycles. The molecule has 1 fully saturated rings. The molecule has 2 aromatic carbocycles. The van der Waals surface area contributed by atoms with Gasteiger partial charge in [-0.3, -0.25) is 9.78 Å². The molecule has 0 atom stereocenters. The first-order valence-electron chi connectivity index (χ1n) is 11.5. The van der Waals surface area contributed by atoms with E-state index >= 15 is 0 Å². The maximum Gasteiger partial charge on any atom is 0.331 e. The van der Waals surface area contributed by atoms with Crippen molar-refractivity contribution in [3.05, 3.63) is 72.4 Å². The van der Waals surface area contributed by atoms with Gasteiger partial charge in [0, 0.05) is 42.0 Å². The summed E-state index contributed by atoms with van der Waals surface area (Å²) in [6.07, 6.45) is 8.33. The largest absolute Gasteiger partial charge is 0.452 e. The first kappa shape index (κ1) is 24.6. The van der Waals surface area contributed by atoms with Gasteiger partial charge in [-0.25, -0.2) is 13.2 Å². The molecule has 35 heavy (non-hydrogen) atoms. The van der Waals surface area contributed by atoms with Gasteiger partial charge in [-0.2, -0.15) is 4.31 Å². The van der Waals surface area contributed by atoms with E-state index in [9.17, 15) is 18.0 Å². The number of pyridine rings is 1. The quantitative estimate of drug-likeness (QED) is 0.394. The number of anilines is 1. The number of benzene rings is 2. The van der Waals surface area contributed by atoms with Gasteiger partial charge in [0.2, 0.25) is 10.0 Å². The number of sulfonamides is 1. The summed E-state index contributed by atoms with van der Waals surface area (Å²) < 4.78 is 32.3. The zero-order chi connectivity index (χ0) is 24.7. The number of hydrogen-bond donors (Lipinski definition) is 1. The molecule has 1 aromatic heterocycles. The van der Waals surface area contributed by atoms with Crippen LogP contribution in [0.25, 0.3) is 17.0 Å². The van der Waals surface area contributed by atoms with Gasteiger partial charge in [-0.05, 0) is 49.2 Å². The SMILES string of the molecule is O=C(COC(=O)/C=C/c1cccc2cccnc12)Nc1ccc(S(=O)(=O)N2CCCCCC2)cc1. The van der Waals surface area contributed by atoms with Gasteiger partial charge in [0.25, 0.3) is 5.91 Å². The molecule has 8 nitrogen and oxygen atoms in total. The topological polar surface area (TPSA) is 106 Å². The van der Waals surface area contributed by atoms with Crippen LogP contribution in [0.15, 0.2) is 71.8 Å². The molecule has 0 bridgehead atoms. The molecule has 4 rings (SSSR count). The second kappa shape index (κ2) is 11.2. The maximum absolute atomic E-state index is 12.9. The minimum absolute atomic E-state index is 0.192. The van der Waals surface area contributed by atoms with Gasteiger partial charge in [-0.15, -0.1) is 0 Å². The number of carbonyl (C=O) groups is 2. The van der Waals surface area contributed by atoms with Crippen LogP contribution in [0.2, 0.25) is 0 Å². The number of amides is 1. The number of hydrogen-bond acceptors (Lipinski definition) is 6. The van der Waals surface area contributed by atoms with Gasteiger partial charge in [0.05, 0.1) is 10.4 Å². The summed E-state index contributed by atoms with van der Waals surface area (Å²) in [7, 11) is -3.56. The second-order valence-electron chi connectivity index (χ2n) is 8.25. The number of ether oxygens (including phenoxy) is 1. The fourth-order valence-corrected chi connectivity index (χ4v) is 5.46. The lowest BCUT2D eigenvalue weighted by molar-refractivity contribution is -0.142. The van der Waals surface area contributed by atoms with Crippen molar-refractivity contribution in [1.82, 2.24) is 9.29 Å². The summed E-state index contributed by atoms with van der Waals surface area (Å²) in [4.78, 5) is 28.8. The zero-order valence-corrected chi connectivity index (χ0v) is 20.0. The van der Waals surface area contributed by atoms with E-state index in [4.69, 9.17) is 4.74 Å². The lowest BCUT2D eigenvalue weighted by atomic mass is 10.1. The Labute approximate surface area is 204 Å². The molecule has 1 amide bonds. The van der Waals surface area contributed by atoms with Crippen molar-refractivity contribution in [2.45, 2.75) is 30.6 Å². The Kier molecular flexibility index (Phi) is 7.89. The van der Waals surface area contributed by atoms with Crippen LogP contribution in [-0.4, -0.2) is 49.3 Å². The Morgan fingerprint density at radius 1 is 0.971 bits per heavy atom. The number of aromatic nitrogens is 1. The predicted octanol–water partition coefficient (Wildman–Crippen LogP) is 3.99. The monoisotopic (exact) mass is 493 g/mol. The van der Waals surface area contributed by atoms with Crippen molar-refractivity contribution in [2.24, 2.45) is 0 Å². The molecule has 1 aliphatic rings. The van der Waals surface area contributed by atoms with E-state index in [2.05, 4.69) is 10.3 Å². The molecule has 0 spiro atoms. The third-order valence-electron chi connectivity index (χ3n) is 5.75. The fraction of sp³-hybridized carbons (Fsp3) is 0.269. The van der Waals surface area contributed by atoms with Gasteiger partial charge < -0.3 is 10.1 Å². The Bertz CT molecular complexity index is 1320. The molecule has 0 radical (unpaired) electrons. The average molecular weight is 494 g/mol. The third-order valence-corrected chi connectivity index (χ3v) is 7.66. The third kappa shape index (κ3) is 6.32. The van der Waals surface area contributed by atoms with Crippen LogP contribution in [0.3, 0.4) is 0 Å². The van der Waals surface area contributed by atoms with Gasteiger partial charge in [0.1, 0.15) is 0 Å². The number of carbonyl (C=O) groups excluding carboxylic acids is 2. The second-order valence-corrected chi connectivity index (χ2v) is 10.2. The molecule has 3 aromatic rings. The number of nitrogens with one attached hydrogen (secondary N) is 1. The number of fused-ring (bicyclic) bond motifs is 1. The summed E-state index contributed by atoms with van der Waals surface area (Å²) in [5.74, 6) is -1.19. The van der Waals surface area contributed by atoms with Crippen LogP contribution < -0.4 is 5.32 Å². The number of para-hydroxylation sites is 1. The van der Waals surface area contributed by atoms with E-state index in [-0.39, 0.29) is 4.90 Å². The normalized spacial score (nSPS) is 15.1. The summed E-state index contributed by atoms with van der Waals surface area (Å²) in [6, 6.07) is 15.4. The Balaban J connectivity index is 1.30. The van der Waals surface area contributed by atoms with Crippen molar-refractivity contribution >= 4 is 44.6 Å². The molecule has 0 unspecified atom stereocenters. The molecule has 182 valence electrons. The van der Waals surface area contributed by atoms with Crippen molar-refractivity contribution in [3.63, 3.8) is 0 Å². The van der Waals surface area contributed by atoms with E-state index in [0.717, 1.165) is 42.1 Å². The lowest BCUT2D eigenvalue weighted by Gasteiger charge is -2.20. The summed E-state index contributed by atoms with van der Waals surface area (Å²) >= 11 is 0. The number of rotatable bonds is 7. The minimum Gasteiger partial charge on any atom is -0.452 e. The Morgan fingerprint density at radius 3 is 2.43 bits per heavy atom. The molecule has 2 heterocycles. The van der Waals surface area contributed by atoms with Crippen LogP contribution in [-0.2, 0) is 24.3 Å². The Morgan fingerprint density at radius 2 is 1.69 bits per heavy atom. The van der Waals surface area contributed by atoms with Gasteiger partial charge >= 0.3 is 5.97 Å². The summed E-state index contributed by atoms with van der Waals surface area (Å²) in [5.41, 5.74) is 1.94. The summed E-state index contributed by atoms with van der Waals surface area (Å²) in [6.45, 7) is 0.583. The Hall–Kier alpha value is -3.56. The number of esters is 1. The highest BCUT2D eigenvalue weighted by atomic mass is 32.2. The molecule has 9 heteroatoms. The molecule has 0 saturated carbocycles. The minimum atomic E-state index is -3.56. The van der Waals surface area contributed by atoms with Crippen LogP contribution >= 0.6 is 0 Å². The van der Waals surface area contributed by atoms with E-state index < -0.39 is 28.5 Å². The van der Waals surface area contributed by atoms with E-state index in [0.29, 0.717) is 18.8 Å². The average Bonchev–Trinajstić information content (AvgIpc) is 3.17. The van der Waals surface area contributed by atoms with Crippen LogP contribution in [0.4, 0.5) is 5.69 Å². The maximum atomic E-state index is 12.9. The summed E-state index contributed by atoms with van der Waals surface area (Å²) in [5, 5.41) is 3.56. The highest BCUT2D eigenvalue weighted by molar-refractivity contribution is 7.89. The first-order valence-corrected chi connectivity index (χ1v) is 13.0. The van der Waals surface area contributed by atoms with Crippen molar-refractivity contribution in [1.29, 1.82) is 0 Å². The van der Waals surface area contributed by atoms with Gasteiger partial charge in [0.15, 0.2) is 6.61 Å². The highest BCUT2D eigenvalue weighted by Crippen LogP contribution is 2.22. The molecule has 1 aliphatic heterocycles. The van der Waals surface area contributed by atoms with Crippen LogP contribution in [0.1, 0.15) is 31.2 Å².